The van der Waals surface area contributed by atoms with E-state index in [-0.39, 0.29) is 34.4 Å². The fraction of sp³-hybridized carbons (Fsp3) is 0.100. The normalized spacial score (nSPS) is 11.1. The van der Waals surface area contributed by atoms with Crippen molar-refractivity contribution in [2.45, 2.75) is 13.1 Å². The van der Waals surface area contributed by atoms with E-state index in [9.17, 15) is 13.6 Å². The molecule has 4 aromatic rings. The largest absolute Gasteiger partial charge is 0.431 e. The Kier molecular flexibility index (Phi) is 4.79. The maximum Gasteiger partial charge on any atom is 0.340 e. The van der Waals surface area contributed by atoms with Crippen molar-refractivity contribution in [2.75, 3.05) is 5.73 Å². The number of nitrogen functional groups attached to an aromatic ring is 1. The second kappa shape index (κ2) is 7.40. The first-order valence-electron chi connectivity index (χ1n) is 8.31. The topological polar surface area (TPSA) is 78.3 Å². The van der Waals surface area contributed by atoms with Crippen LogP contribution in [0.25, 0.3) is 11.0 Å². The lowest BCUT2D eigenvalue weighted by atomic mass is 9.98. The predicted octanol–water partition coefficient (Wildman–Crippen LogP) is 4.82. The monoisotopic (exact) mass is 400 g/mol. The van der Waals surface area contributed by atoms with Gasteiger partial charge in [0, 0.05) is 40.6 Å². The van der Waals surface area contributed by atoms with Gasteiger partial charge in [-0.1, -0.05) is 23.5 Å². The van der Waals surface area contributed by atoms with Gasteiger partial charge in [-0.25, -0.2) is 18.6 Å². The number of fused-ring (bicyclic) bond motifs is 1. The number of thiazole rings is 1. The highest BCUT2D eigenvalue weighted by Gasteiger charge is 2.18. The number of benzene rings is 2. The summed E-state index contributed by atoms with van der Waals surface area (Å²) < 4.78 is 39.0. The molecule has 0 unspecified atom stereocenters. The third-order valence-corrected chi connectivity index (χ3v) is 4.96. The van der Waals surface area contributed by atoms with Gasteiger partial charge in [-0.15, -0.1) is 0 Å². The predicted molar refractivity (Wildman–Crippen MR) is 103 cm³/mol. The van der Waals surface area contributed by atoms with Crippen LogP contribution in [0, 0.1) is 5.82 Å². The van der Waals surface area contributed by atoms with Gasteiger partial charge in [-0.3, -0.25) is 0 Å². The Balaban J connectivity index is 1.78. The van der Waals surface area contributed by atoms with E-state index in [0.29, 0.717) is 16.3 Å². The summed E-state index contributed by atoms with van der Waals surface area (Å²) >= 11 is 1.31. The Morgan fingerprint density at radius 1 is 1.21 bits per heavy atom. The zero-order valence-corrected chi connectivity index (χ0v) is 15.3. The van der Waals surface area contributed by atoms with E-state index in [4.69, 9.17) is 14.9 Å². The number of anilines is 1. The number of alkyl halides is 1. The summed E-state index contributed by atoms with van der Waals surface area (Å²) in [5, 5.41) is 2.62. The first kappa shape index (κ1) is 18.1. The molecule has 2 aromatic heterocycles. The van der Waals surface area contributed by atoms with Gasteiger partial charge in [0.05, 0.1) is 5.69 Å². The molecule has 0 spiro atoms. The Labute approximate surface area is 162 Å². The number of hydrogen-bond donors (Lipinski definition) is 1. The van der Waals surface area contributed by atoms with Crippen LogP contribution in [0.4, 0.5) is 14.5 Å². The zero-order chi connectivity index (χ0) is 19.7. The van der Waals surface area contributed by atoms with Gasteiger partial charge in [0.2, 0.25) is 0 Å². The molecule has 0 saturated heterocycles. The minimum absolute atomic E-state index is 0.0338. The van der Waals surface area contributed by atoms with Crippen molar-refractivity contribution < 1.29 is 17.9 Å². The molecule has 28 heavy (non-hydrogen) atoms. The van der Waals surface area contributed by atoms with Crippen molar-refractivity contribution in [3.05, 3.63) is 80.9 Å². The van der Waals surface area contributed by atoms with E-state index in [2.05, 4.69) is 4.98 Å². The molecule has 2 aromatic carbocycles. The van der Waals surface area contributed by atoms with Crippen LogP contribution in [0.2, 0.25) is 0 Å². The van der Waals surface area contributed by atoms with Crippen LogP contribution < -0.4 is 16.1 Å². The molecule has 5 nitrogen and oxygen atoms in total. The van der Waals surface area contributed by atoms with Crippen molar-refractivity contribution in [3.63, 3.8) is 0 Å². The third-order valence-electron chi connectivity index (χ3n) is 4.32. The summed E-state index contributed by atoms with van der Waals surface area (Å²) in [5.74, 6) is -0.218. The Bertz CT molecular complexity index is 1210. The Hall–Kier alpha value is -3.26. The average Bonchev–Trinajstić information content (AvgIpc) is 3.19. The minimum Gasteiger partial charge on any atom is -0.431 e. The van der Waals surface area contributed by atoms with Crippen LogP contribution in [0.15, 0.2) is 57.2 Å². The van der Waals surface area contributed by atoms with Crippen molar-refractivity contribution in [1.82, 2.24) is 4.98 Å². The van der Waals surface area contributed by atoms with Crippen LogP contribution in [0.5, 0.6) is 10.9 Å². The number of hydrogen-bond acceptors (Lipinski definition) is 6. The van der Waals surface area contributed by atoms with Crippen LogP contribution in [0.3, 0.4) is 0 Å². The molecule has 2 heterocycles. The lowest BCUT2D eigenvalue weighted by Crippen LogP contribution is -2.13. The maximum absolute atomic E-state index is 14.2. The molecule has 0 saturated carbocycles. The van der Waals surface area contributed by atoms with Gasteiger partial charge in [0.1, 0.15) is 23.8 Å². The number of nitrogens with zero attached hydrogens (tertiary/aromatic N) is 1. The SMILES string of the molecule is Nc1cccc(Cc2c(CF)c3ccc(Oc4nccs4)cc3oc2=O)c1F. The smallest absolute Gasteiger partial charge is 0.340 e. The number of nitrogens with two attached hydrogens (primary N) is 1. The highest BCUT2D eigenvalue weighted by molar-refractivity contribution is 7.11. The van der Waals surface area contributed by atoms with Gasteiger partial charge < -0.3 is 14.9 Å². The fourth-order valence-electron chi connectivity index (χ4n) is 2.97. The summed E-state index contributed by atoms with van der Waals surface area (Å²) in [6.45, 7) is -0.895. The maximum atomic E-state index is 14.2. The molecule has 0 aliphatic carbocycles. The number of aromatic nitrogens is 1. The quantitative estimate of drug-likeness (QED) is 0.384. The average molecular weight is 400 g/mol. The van der Waals surface area contributed by atoms with E-state index < -0.39 is 18.1 Å². The molecule has 142 valence electrons. The van der Waals surface area contributed by atoms with E-state index in [0.717, 1.165) is 0 Å². The van der Waals surface area contributed by atoms with Gasteiger partial charge in [0.15, 0.2) is 0 Å². The second-order valence-electron chi connectivity index (χ2n) is 6.04. The summed E-state index contributed by atoms with van der Waals surface area (Å²) in [7, 11) is 0. The summed E-state index contributed by atoms with van der Waals surface area (Å²) in [5.41, 5.74) is 5.42. The lowest BCUT2D eigenvalue weighted by Gasteiger charge is -2.11. The minimum atomic E-state index is -0.895. The standard InChI is InChI=1S/C20H14F2N2O3S/c21-10-15-13-5-4-12(26-20-24-6-7-28-20)9-17(13)27-19(25)14(15)8-11-2-1-3-16(23)18(11)22/h1-7,9H,8,10,23H2. The van der Waals surface area contributed by atoms with Gasteiger partial charge in [-0.05, 0) is 23.8 Å². The first-order valence-corrected chi connectivity index (χ1v) is 9.19. The molecule has 0 amide bonds. The molecule has 2 N–H and O–H groups in total. The van der Waals surface area contributed by atoms with Gasteiger partial charge >= 0.3 is 5.63 Å². The molecule has 0 bridgehead atoms. The van der Waals surface area contributed by atoms with Crippen molar-refractivity contribution >= 4 is 28.0 Å². The van der Waals surface area contributed by atoms with Crippen LogP contribution in [-0.4, -0.2) is 4.98 Å². The lowest BCUT2D eigenvalue weighted by molar-refractivity contribution is 0.469. The number of rotatable bonds is 5. The molecule has 0 atom stereocenters. The Morgan fingerprint density at radius 3 is 2.82 bits per heavy atom. The van der Waals surface area contributed by atoms with Gasteiger partial charge in [-0.2, -0.15) is 0 Å². The van der Waals surface area contributed by atoms with Crippen molar-refractivity contribution in [2.24, 2.45) is 0 Å². The Morgan fingerprint density at radius 2 is 2.07 bits per heavy atom. The molecule has 0 aliphatic rings. The molecule has 4 rings (SSSR count). The van der Waals surface area contributed by atoms with E-state index in [1.54, 1.807) is 29.8 Å². The second-order valence-corrected chi connectivity index (χ2v) is 6.89. The van der Waals surface area contributed by atoms with Crippen molar-refractivity contribution in [3.8, 4) is 10.9 Å². The molecule has 0 radical (unpaired) electrons. The van der Waals surface area contributed by atoms with E-state index >= 15 is 0 Å². The fourth-order valence-corrected chi connectivity index (χ4v) is 3.47. The van der Waals surface area contributed by atoms with Crippen LogP contribution >= 0.6 is 11.3 Å². The summed E-state index contributed by atoms with van der Waals surface area (Å²) in [6, 6.07) is 9.24. The van der Waals surface area contributed by atoms with Crippen LogP contribution in [0.1, 0.15) is 16.7 Å². The number of halogens is 2. The number of ether oxygens (including phenoxy) is 1. The van der Waals surface area contributed by atoms with E-state index in [1.807, 2.05) is 0 Å². The third kappa shape index (κ3) is 3.34. The zero-order valence-electron chi connectivity index (χ0n) is 14.4. The summed E-state index contributed by atoms with van der Waals surface area (Å²) in [6.07, 6.45) is 1.48. The molecule has 0 aliphatic heterocycles. The van der Waals surface area contributed by atoms with Crippen LogP contribution in [-0.2, 0) is 13.1 Å². The molecular formula is C20H14F2N2O3S. The molecule has 0 fully saturated rings. The molecular weight excluding hydrogens is 386 g/mol. The highest BCUT2D eigenvalue weighted by Crippen LogP contribution is 2.30. The first-order chi connectivity index (χ1) is 13.6. The summed E-state index contributed by atoms with van der Waals surface area (Å²) in [4.78, 5) is 16.5. The highest BCUT2D eigenvalue weighted by atomic mass is 32.1. The van der Waals surface area contributed by atoms with Crippen molar-refractivity contribution in [1.29, 1.82) is 0 Å². The van der Waals surface area contributed by atoms with Gasteiger partial charge in [0.25, 0.3) is 5.19 Å². The van der Waals surface area contributed by atoms with E-state index in [1.165, 1.54) is 29.5 Å². The molecule has 8 heteroatoms.